The average Bonchev–Trinajstić information content (AvgIpc) is 2.61. The predicted molar refractivity (Wildman–Crippen MR) is 59.7 cm³/mol. The van der Waals surface area contributed by atoms with Crippen molar-refractivity contribution in [3.05, 3.63) is 16.3 Å². The number of aryl methyl sites for hydroxylation is 1. The molecule has 0 fully saturated rings. The molecule has 0 saturated heterocycles. The summed E-state index contributed by atoms with van der Waals surface area (Å²) in [5, 5.41) is 3.95. The molecule has 0 atom stereocenters. The number of nitrogens with zero attached hydrogens (tertiary/aromatic N) is 5. The van der Waals surface area contributed by atoms with Crippen molar-refractivity contribution in [2.75, 3.05) is 18.0 Å². The van der Waals surface area contributed by atoms with E-state index in [9.17, 15) is 4.79 Å². The Labute approximate surface area is 92.1 Å². The highest BCUT2D eigenvalue weighted by Gasteiger charge is 2.10. The van der Waals surface area contributed by atoms with E-state index in [0.29, 0.717) is 17.6 Å². The van der Waals surface area contributed by atoms with Gasteiger partial charge in [-0.25, -0.2) is 4.79 Å². The summed E-state index contributed by atoms with van der Waals surface area (Å²) in [7, 11) is 0. The van der Waals surface area contributed by atoms with Gasteiger partial charge in [0.05, 0.1) is 0 Å². The van der Waals surface area contributed by atoms with Gasteiger partial charge >= 0.3 is 5.69 Å². The molecule has 0 aliphatic heterocycles. The SMILES string of the molecule is CCN(CC)c1nc2nc(C)nn2c(=O)[nH]1. The summed E-state index contributed by atoms with van der Waals surface area (Å²) >= 11 is 0. The van der Waals surface area contributed by atoms with Crippen LogP contribution in [-0.4, -0.2) is 37.7 Å². The van der Waals surface area contributed by atoms with Gasteiger partial charge in [0.2, 0.25) is 5.95 Å². The maximum atomic E-state index is 11.7. The number of nitrogens with one attached hydrogen (secondary N) is 1. The molecule has 1 N–H and O–H groups in total. The molecule has 2 heterocycles. The molecular weight excluding hydrogens is 208 g/mol. The Morgan fingerprint density at radius 1 is 1.31 bits per heavy atom. The summed E-state index contributed by atoms with van der Waals surface area (Å²) in [4.78, 5) is 24.7. The number of hydrogen-bond acceptors (Lipinski definition) is 5. The summed E-state index contributed by atoms with van der Waals surface area (Å²) in [5.74, 6) is 1.41. The molecule has 2 rings (SSSR count). The lowest BCUT2D eigenvalue weighted by molar-refractivity contribution is 0.773. The Morgan fingerprint density at radius 2 is 2.00 bits per heavy atom. The van der Waals surface area contributed by atoms with Gasteiger partial charge in [-0.15, -0.1) is 9.61 Å². The van der Waals surface area contributed by atoms with Gasteiger partial charge in [-0.3, -0.25) is 4.98 Å². The van der Waals surface area contributed by atoms with Crippen molar-refractivity contribution in [1.29, 1.82) is 0 Å². The van der Waals surface area contributed by atoms with Crippen LogP contribution in [0.15, 0.2) is 4.79 Å². The van der Waals surface area contributed by atoms with Crippen LogP contribution in [0.4, 0.5) is 5.95 Å². The molecule has 0 saturated carbocycles. The van der Waals surface area contributed by atoms with Crippen LogP contribution < -0.4 is 10.6 Å². The van der Waals surface area contributed by atoms with Gasteiger partial charge in [-0.05, 0) is 20.8 Å². The molecule has 0 aromatic carbocycles. The first-order valence-electron chi connectivity index (χ1n) is 5.24. The Kier molecular flexibility index (Phi) is 2.59. The molecule has 0 bridgehead atoms. The lowest BCUT2D eigenvalue weighted by Gasteiger charge is -2.18. The molecule has 2 aromatic rings. The van der Waals surface area contributed by atoms with Crippen molar-refractivity contribution >= 4 is 11.7 Å². The summed E-state index contributed by atoms with van der Waals surface area (Å²) in [6, 6.07) is 0. The number of hydrogen-bond donors (Lipinski definition) is 1. The van der Waals surface area contributed by atoms with Gasteiger partial charge in [0, 0.05) is 13.1 Å². The second-order valence-corrected chi connectivity index (χ2v) is 3.41. The molecule has 2 aromatic heterocycles. The molecule has 0 spiro atoms. The van der Waals surface area contributed by atoms with E-state index in [-0.39, 0.29) is 5.69 Å². The van der Waals surface area contributed by atoms with Crippen molar-refractivity contribution in [2.45, 2.75) is 20.8 Å². The molecule has 0 aliphatic rings. The molecule has 0 amide bonds. The van der Waals surface area contributed by atoms with E-state index >= 15 is 0 Å². The summed E-state index contributed by atoms with van der Waals surface area (Å²) in [6.45, 7) is 7.29. The monoisotopic (exact) mass is 222 g/mol. The first kappa shape index (κ1) is 10.6. The molecule has 7 nitrogen and oxygen atoms in total. The first-order valence-corrected chi connectivity index (χ1v) is 5.24. The predicted octanol–water partition coefficient (Wildman–Crippen LogP) is -0.0328. The second kappa shape index (κ2) is 3.92. The van der Waals surface area contributed by atoms with E-state index in [4.69, 9.17) is 0 Å². The van der Waals surface area contributed by atoms with Crippen LogP contribution in [0.2, 0.25) is 0 Å². The van der Waals surface area contributed by atoms with E-state index in [1.54, 1.807) is 6.92 Å². The first-order chi connectivity index (χ1) is 7.65. The maximum Gasteiger partial charge on any atom is 0.352 e. The van der Waals surface area contributed by atoms with E-state index in [0.717, 1.165) is 13.1 Å². The molecule has 86 valence electrons. The maximum absolute atomic E-state index is 11.7. The van der Waals surface area contributed by atoms with Gasteiger partial charge in [0.15, 0.2) is 5.82 Å². The van der Waals surface area contributed by atoms with E-state index in [1.165, 1.54) is 4.52 Å². The smallest absolute Gasteiger partial charge is 0.343 e. The van der Waals surface area contributed by atoms with Gasteiger partial charge in [-0.2, -0.15) is 9.97 Å². The van der Waals surface area contributed by atoms with Gasteiger partial charge in [0.1, 0.15) is 0 Å². The minimum atomic E-state index is -0.312. The van der Waals surface area contributed by atoms with Crippen molar-refractivity contribution in [1.82, 2.24) is 24.6 Å². The summed E-state index contributed by atoms with van der Waals surface area (Å²) < 4.78 is 1.17. The Bertz CT molecular complexity index is 553. The van der Waals surface area contributed by atoms with Crippen LogP contribution in [0.3, 0.4) is 0 Å². The summed E-state index contributed by atoms with van der Waals surface area (Å²) in [5.41, 5.74) is -0.312. The lowest BCUT2D eigenvalue weighted by atomic mass is 10.5. The number of anilines is 1. The van der Waals surface area contributed by atoms with E-state index in [1.807, 2.05) is 18.7 Å². The fourth-order valence-electron chi connectivity index (χ4n) is 1.56. The topological polar surface area (TPSA) is 79.2 Å². The quantitative estimate of drug-likeness (QED) is 0.788. The highest BCUT2D eigenvalue weighted by Crippen LogP contribution is 2.04. The number of aromatic nitrogens is 5. The van der Waals surface area contributed by atoms with Gasteiger partial charge < -0.3 is 4.90 Å². The highest BCUT2D eigenvalue weighted by molar-refractivity contribution is 5.36. The lowest BCUT2D eigenvalue weighted by Crippen LogP contribution is -2.29. The number of fused-ring (bicyclic) bond motifs is 1. The van der Waals surface area contributed by atoms with Crippen LogP contribution in [-0.2, 0) is 0 Å². The Balaban J connectivity index is 2.61. The van der Waals surface area contributed by atoms with E-state index in [2.05, 4.69) is 20.1 Å². The molecule has 7 heteroatoms. The molecule has 0 unspecified atom stereocenters. The van der Waals surface area contributed by atoms with E-state index < -0.39 is 0 Å². The van der Waals surface area contributed by atoms with Crippen LogP contribution in [0.5, 0.6) is 0 Å². The number of aromatic amines is 1. The largest absolute Gasteiger partial charge is 0.352 e. The number of H-pyrrole nitrogens is 1. The van der Waals surface area contributed by atoms with Crippen LogP contribution in [0.25, 0.3) is 5.78 Å². The van der Waals surface area contributed by atoms with Crippen molar-refractivity contribution in [3.63, 3.8) is 0 Å². The van der Waals surface area contributed by atoms with Gasteiger partial charge in [-0.1, -0.05) is 0 Å². The third kappa shape index (κ3) is 1.64. The molecule has 0 aliphatic carbocycles. The third-order valence-electron chi connectivity index (χ3n) is 2.38. The highest BCUT2D eigenvalue weighted by atomic mass is 16.1. The second-order valence-electron chi connectivity index (χ2n) is 3.41. The fraction of sp³-hybridized carbons (Fsp3) is 0.556. The van der Waals surface area contributed by atoms with Crippen molar-refractivity contribution < 1.29 is 0 Å². The molecule has 0 radical (unpaired) electrons. The standard InChI is InChI=1S/C9H14N6O/c1-4-14(5-2)7-11-8-10-6(3)13-15(8)9(16)12-7/h4-5H2,1-3H3,(H,10,11,12,13,16). The van der Waals surface area contributed by atoms with Crippen LogP contribution in [0.1, 0.15) is 19.7 Å². The summed E-state index contributed by atoms with van der Waals surface area (Å²) in [6.07, 6.45) is 0. The zero-order valence-corrected chi connectivity index (χ0v) is 9.56. The average molecular weight is 222 g/mol. The zero-order chi connectivity index (χ0) is 11.7. The van der Waals surface area contributed by atoms with Crippen molar-refractivity contribution in [3.8, 4) is 0 Å². The normalized spacial score (nSPS) is 10.9. The minimum absolute atomic E-state index is 0.312. The Hall–Kier alpha value is -1.92. The molecule has 16 heavy (non-hydrogen) atoms. The van der Waals surface area contributed by atoms with Crippen LogP contribution in [0, 0.1) is 6.92 Å². The van der Waals surface area contributed by atoms with Crippen molar-refractivity contribution in [2.24, 2.45) is 0 Å². The number of rotatable bonds is 3. The zero-order valence-electron chi connectivity index (χ0n) is 9.56. The minimum Gasteiger partial charge on any atom is -0.343 e. The third-order valence-corrected chi connectivity index (χ3v) is 2.38. The Morgan fingerprint density at radius 3 is 2.62 bits per heavy atom. The van der Waals surface area contributed by atoms with Gasteiger partial charge in [0.25, 0.3) is 5.78 Å². The molecular formula is C9H14N6O. The van der Waals surface area contributed by atoms with Crippen LogP contribution >= 0.6 is 0 Å². The fourth-order valence-corrected chi connectivity index (χ4v) is 1.56.